The van der Waals surface area contributed by atoms with Gasteiger partial charge in [-0.2, -0.15) is 5.10 Å². The van der Waals surface area contributed by atoms with Gasteiger partial charge in [0, 0.05) is 24.8 Å². The maximum atomic E-state index is 5.89. The maximum Gasteiger partial charge on any atom is 0.0867 e. The predicted octanol–water partition coefficient (Wildman–Crippen LogP) is 2.11. The summed E-state index contributed by atoms with van der Waals surface area (Å²) >= 11 is 0. The average Bonchev–Trinajstić information content (AvgIpc) is 2.62. The quantitative estimate of drug-likeness (QED) is 0.808. The molecule has 1 unspecified atom stereocenters. The SMILES string of the molecule is CC(N)c1nn(C)cc1-c1ccccc1. The lowest BCUT2D eigenvalue weighted by molar-refractivity contribution is 0.699. The Kier molecular flexibility index (Phi) is 2.56. The zero-order valence-corrected chi connectivity index (χ0v) is 9.01. The molecule has 0 fully saturated rings. The van der Waals surface area contributed by atoms with E-state index in [1.807, 2.05) is 38.4 Å². The van der Waals surface area contributed by atoms with Crippen LogP contribution in [-0.2, 0) is 7.05 Å². The molecule has 2 N–H and O–H groups in total. The van der Waals surface area contributed by atoms with E-state index >= 15 is 0 Å². The first-order valence-electron chi connectivity index (χ1n) is 5.03. The summed E-state index contributed by atoms with van der Waals surface area (Å²) in [4.78, 5) is 0. The molecule has 0 radical (unpaired) electrons. The van der Waals surface area contributed by atoms with Gasteiger partial charge in [-0.3, -0.25) is 4.68 Å². The Morgan fingerprint density at radius 2 is 1.93 bits per heavy atom. The molecule has 0 spiro atoms. The van der Waals surface area contributed by atoms with Gasteiger partial charge in [-0.05, 0) is 12.5 Å². The van der Waals surface area contributed by atoms with E-state index in [2.05, 4.69) is 17.2 Å². The van der Waals surface area contributed by atoms with Gasteiger partial charge in [-0.15, -0.1) is 0 Å². The van der Waals surface area contributed by atoms with Gasteiger partial charge >= 0.3 is 0 Å². The molecule has 2 aromatic rings. The molecule has 3 heteroatoms. The number of aromatic nitrogens is 2. The topological polar surface area (TPSA) is 43.8 Å². The molecule has 0 saturated heterocycles. The Morgan fingerprint density at radius 1 is 1.27 bits per heavy atom. The summed E-state index contributed by atoms with van der Waals surface area (Å²) in [6.45, 7) is 1.95. The highest BCUT2D eigenvalue weighted by Crippen LogP contribution is 2.25. The van der Waals surface area contributed by atoms with E-state index in [-0.39, 0.29) is 6.04 Å². The fraction of sp³-hybridized carbons (Fsp3) is 0.250. The molecule has 0 aliphatic heterocycles. The summed E-state index contributed by atoms with van der Waals surface area (Å²) in [7, 11) is 1.92. The highest BCUT2D eigenvalue weighted by atomic mass is 15.3. The third-order valence-corrected chi connectivity index (χ3v) is 2.37. The standard InChI is InChI=1S/C12H15N3/c1-9(13)12-11(8-15(2)14-12)10-6-4-3-5-7-10/h3-9H,13H2,1-2H3. The van der Waals surface area contributed by atoms with Gasteiger partial charge in [-0.25, -0.2) is 0 Å². The lowest BCUT2D eigenvalue weighted by atomic mass is 10.0. The van der Waals surface area contributed by atoms with Crippen molar-refractivity contribution in [2.75, 3.05) is 0 Å². The van der Waals surface area contributed by atoms with Crippen LogP contribution in [0.2, 0.25) is 0 Å². The molecule has 0 saturated carbocycles. The third-order valence-electron chi connectivity index (χ3n) is 2.37. The van der Waals surface area contributed by atoms with E-state index in [1.54, 1.807) is 4.68 Å². The lowest BCUT2D eigenvalue weighted by Crippen LogP contribution is -2.07. The molecule has 3 nitrogen and oxygen atoms in total. The van der Waals surface area contributed by atoms with Gasteiger partial charge < -0.3 is 5.73 Å². The molecule has 1 heterocycles. The van der Waals surface area contributed by atoms with E-state index in [1.165, 1.54) is 0 Å². The van der Waals surface area contributed by atoms with Crippen LogP contribution >= 0.6 is 0 Å². The Bertz CT molecular complexity index is 443. The molecule has 0 bridgehead atoms. The fourth-order valence-corrected chi connectivity index (χ4v) is 1.68. The summed E-state index contributed by atoms with van der Waals surface area (Å²) < 4.78 is 1.81. The maximum absolute atomic E-state index is 5.89. The van der Waals surface area contributed by atoms with Crippen LogP contribution in [0.25, 0.3) is 11.1 Å². The summed E-state index contributed by atoms with van der Waals surface area (Å²) in [5.41, 5.74) is 9.12. The molecule has 2 rings (SSSR count). The van der Waals surface area contributed by atoms with Gasteiger partial charge in [0.05, 0.1) is 5.69 Å². The molecule has 1 aromatic heterocycles. The number of nitrogens with two attached hydrogens (primary N) is 1. The molecular formula is C12H15N3. The number of nitrogens with zero attached hydrogens (tertiary/aromatic N) is 2. The molecule has 78 valence electrons. The Labute approximate surface area is 89.5 Å². The van der Waals surface area contributed by atoms with E-state index in [0.717, 1.165) is 16.8 Å². The fourth-order valence-electron chi connectivity index (χ4n) is 1.68. The zero-order chi connectivity index (χ0) is 10.8. The summed E-state index contributed by atoms with van der Waals surface area (Å²) in [6.07, 6.45) is 2.01. The number of aryl methyl sites for hydroxylation is 1. The predicted molar refractivity (Wildman–Crippen MR) is 61.2 cm³/mol. The second kappa shape index (κ2) is 3.87. The lowest BCUT2D eigenvalue weighted by Gasteiger charge is -2.04. The van der Waals surface area contributed by atoms with E-state index < -0.39 is 0 Å². The van der Waals surface area contributed by atoms with Crippen molar-refractivity contribution in [3.05, 3.63) is 42.2 Å². The van der Waals surface area contributed by atoms with E-state index in [0.29, 0.717) is 0 Å². The van der Waals surface area contributed by atoms with Crippen LogP contribution in [0.15, 0.2) is 36.5 Å². The second-order valence-electron chi connectivity index (χ2n) is 3.76. The minimum atomic E-state index is -0.0404. The minimum absolute atomic E-state index is 0.0404. The molecule has 1 aromatic carbocycles. The first-order valence-corrected chi connectivity index (χ1v) is 5.03. The normalized spacial score (nSPS) is 12.7. The number of rotatable bonds is 2. The molecule has 0 aliphatic carbocycles. The van der Waals surface area contributed by atoms with Crippen molar-refractivity contribution in [2.45, 2.75) is 13.0 Å². The largest absolute Gasteiger partial charge is 0.323 e. The van der Waals surface area contributed by atoms with Gasteiger partial charge in [0.25, 0.3) is 0 Å². The second-order valence-corrected chi connectivity index (χ2v) is 3.76. The van der Waals surface area contributed by atoms with Gasteiger partial charge in [0.1, 0.15) is 0 Å². The van der Waals surface area contributed by atoms with Crippen LogP contribution in [0.5, 0.6) is 0 Å². The Balaban J connectivity index is 2.53. The van der Waals surface area contributed by atoms with Crippen molar-refractivity contribution in [3.8, 4) is 11.1 Å². The van der Waals surface area contributed by atoms with Gasteiger partial charge in [-0.1, -0.05) is 30.3 Å². The summed E-state index contributed by atoms with van der Waals surface area (Å²) in [5, 5.41) is 4.38. The van der Waals surface area contributed by atoms with Crippen molar-refractivity contribution in [1.82, 2.24) is 9.78 Å². The van der Waals surface area contributed by atoms with Gasteiger partial charge in [0.2, 0.25) is 0 Å². The summed E-state index contributed by atoms with van der Waals surface area (Å²) in [6, 6.07) is 10.2. The smallest absolute Gasteiger partial charge is 0.0867 e. The molecule has 0 aliphatic rings. The molecule has 15 heavy (non-hydrogen) atoms. The first kappa shape index (κ1) is 9.93. The Hall–Kier alpha value is -1.61. The number of benzene rings is 1. The number of hydrogen-bond donors (Lipinski definition) is 1. The number of hydrogen-bond acceptors (Lipinski definition) is 2. The monoisotopic (exact) mass is 201 g/mol. The van der Waals surface area contributed by atoms with Crippen LogP contribution in [0.4, 0.5) is 0 Å². The zero-order valence-electron chi connectivity index (χ0n) is 9.01. The van der Waals surface area contributed by atoms with Crippen molar-refractivity contribution < 1.29 is 0 Å². The highest BCUT2D eigenvalue weighted by Gasteiger charge is 2.12. The van der Waals surface area contributed by atoms with E-state index in [4.69, 9.17) is 5.73 Å². The van der Waals surface area contributed by atoms with Crippen LogP contribution in [0, 0.1) is 0 Å². The minimum Gasteiger partial charge on any atom is -0.323 e. The molecule has 1 atom stereocenters. The first-order chi connectivity index (χ1) is 7.18. The van der Waals surface area contributed by atoms with Crippen LogP contribution in [0.1, 0.15) is 18.7 Å². The molecule has 0 amide bonds. The summed E-state index contributed by atoms with van der Waals surface area (Å²) in [5.74, 6) is 0. The van der Waals surface area contributed by atoms with Crippen LogP contribution < -0.4 is 5.73 Å². The van der Waals surface area contributed by atoms with Crippen molar-refractivity contribution in [3.63, 3.8) is 0 Å². The van der Waals surface area contributed by atoms with E-state index in [9.17, 15) is 0 Å². The Morgan fingerprint density at radius 3 is 2.53 bits per heavy atom. The third kappa shape index (κ3) is 1.92. The van der Waals surface area contributed by atoms with Crippen molar-refractivity contribution in [2.24, 2.45) is 12.8 Å². The van der Waals surface area contributed by atoms with Crippen molar-refractivity contribution >= 4 is 0 Å². The van der Waals surface area contributed by atoms with Crippen molar-refractivity contribution in [1.29, 1.82) is 0 Å². The molecular weight excluding hydrogens is 186 g/mol. The van der Waals surface area contributed by atoms with Gasteiger partial charge in [0.15, 0.2) is 0 Å². The van der Waals surface area contributed by atoms with Crippen LogP contribution in [-0.4, -0.2) is 9.78 Å². The average molecular weight is 201 g/mol. The highest BCUT2D eigenvalue weighted by molar-refractivity contribution is 5.65. The van der Waals surface area contributed by atoms with Crippen LogP contribution in [0.3, 0.4) is 0 Å².